The Morgan fingerprint density at radius 1 is 0.632 bits per heavy atom. The minimum atomic E-state index is -1.04. The van der Waals surface area contributed by atoms with Crippen molar-refractivity contribution in [3.05, 3.63) is 55.6 Å². The number of ether oxygens (including phenoxy) is 6. The van der Waals surface area contributed by atoms with Crippen LogP contribution in [0.1, 0.15) is 24.0 Å². The Bertz CT molecular complexity index is 1150. The largest absolute Gasteiger partial charge is 0.493 e. The summed E-state index contributed by atoms with van der Waals surface area (Å²) in [5, 5.41) is 22.7. The van der Waals surface area contributed by atoms with Crippen LogP contribution >= 0.6 is 0 Å². The Labute approximate surface area is 215 Å². The molecule has 0 aliphatic heterocycles. The van der Waals surface area contributed by atoms with E-state index in [1.807, 2.05) is 0 Å². The Balaban J connectivity index is 1.96. The maximum absolute atomic E-state index is 12.1. The molecular formula is C23H24N2O13. The molecule has 0 heterocycles. The summed E-state index contributed by atoms with van der Waals surface area (Å²) in [5.41, 5.74) is -0.807. The average molecular weight is 536 g/mol. The number of nitrogens with zero attached hydrogens (tertiary/aromatic N) is 2. The summed E-state index contributed by atoms with van der Waals surface area (Å²) in [6.07, 6.45) is -1.63. The van der Waals surface area contributed by atoms with Crippen LogP contribution in [0.15, 0.2) is 24.3 Å². The van der Waals surface area contributed by atoms with Crippen molar-refractivity contribution < 1.29 is 52.7 Å². The number of methoxy groups -OCH3 is 4. The number of carbonyl (C=O) groups excluding carboxylic acids is 3. The molecule has 0 radical (unpaired) electrons. The first-order valence-corrected chi connectivity index (χ1v) is 10.7. The van der Waals surface area contributed by atoms with Gasteiger partial charge in [-0.15, -0.1) is 0 Å². The third kappa shape index (κ3) is 7.52. The molecule has 15 heteroatoms. The normalized spacial score (nSPS) is 10.2. The number of nitro benzene ring substituents is 2. The molecule has 0 bridgehead atoms. The molecule has 0 spiro atoms. The minimum absolute atomic E-state index is 0.00984. The summed E-state index contributed by atoms with van der Waals surface area (Å²) < 4.78 is 30.1. The van der Waals surface area contributed by atoms with Crippen molar-refractivity contribution in [2.45, 2.75) is 26.1 Å². The summed E-state index contributed by atoms with van der Waals surface area (Å²) >= 11 is 0. The topological polar surface area (TPSA) is 193 Å². The highest BCUT2D eigenvalue weighted by atomic mass is 16.6. The number of esters is 2. The van der Waals surface area contributed by atoms with Gasteiger partial charge in [-0.1, -0.05) is 0 Å². The summed E-state index contributed by atoms with van der Waals surface area (Å²) in [7, 11) is 5.24. The van der Waals surface area contributed by atoms with E-state index in [9.17, 15) is 34.6 Å². The third-order valence-corrected chi connectivity index (χ3v) is 5.02. The molecule has 0 saturated carbocycles. The number of benzene rings is 2. The maximum Gasteiger partial charge on any atom is 0.313 e. The fourth-order valence-corrected chi connectivity index (χ4v) is 3.19. The van der Waals surface area contributed by atoms with Gasteiger partial charge in [0.25, 0.3) is 11.4 Å². The summed E-state index contributed by atoms with van der Waals surface area (Å²) in [5.74, 6) is -2.41. The van der Waals surface area contributed by atoms with Crippen LogP contribution in [0.3, 0.4) is 0 Å². The van der Waals surface area contributed by atoms with Crippen molar-refractivity contribution in [1.82, 2.24) is 0 Å². The number of hydrogen-bond donors (Lipinski definition) is 0. The van der Waals surface area contributed by atoms with Gasteiger partial charge in [0.15, 0.2) is 28.8 Å². The molecular weight excluding hydrogens is 512 g/mol. The molecule has 15 nitrogen and oxygen atoms in total. The smallest absolute Gasteiger partial charge is 0.313 e. The Morgan fingerprint density at radius 3 is 1.24 bits per heavy atom. The van der Waals surface area contributed by atoms with Gasteiger partial charge in [0.2, 0.25) is 0 Å². The molecule has 0 atom stereocenters. The first kappa shape index (κ1) is 29.3. The van der Waals surface area contributed by atoms with Crippen molar-refractivity contribution in [3.8, 4) is 23.0 Å². The van der Waals surface area contributed by atoms with Crippen molar-refractivity contribution in [3.63, 3.8) is 0 Å². The molecule has 0 aromatic heterocycles. The van der Waals surface area contributed by atoms with E-state index in [0.717, 1.165) is 12.1 Å². The molecule has 38 heavy (non-hydrogen) atoms. The van der Waals surface area contributed by atoms with E-state index in [4.69, 9.17) is 28.4 Å². The first-order chi connectivity index (χ1) is 18.0. The predicted octanol–water partition coefficient (Wildman–Crippen LogP) is 2.67. The van der Waals surface area contributed by atoms with Gasteiger partial charge >= 0.3 is 11.9 Å². The monoisotopic (exact) mass is 536 g/mol. The zero-order chi connectivity index (χ0) is 28.4. The molecule has 0 aliphatic rings. The van der Waals surface area contributed by atoms with Crippen LogP contribution in [-0.4, -0.2) is 56.0 Å². The van der Waals surface area contributed by atoms with Crippen molar-refractivity contribution in [2.75, 3.05) is 28.4 Å². The Kier molecular flexibility index (Phi) is 10.3. The molecule has 204 valence electrons. The van der Waals surface area contributed by atoms with Gasteiger partial charge in [-0.2, -0.15) is 0 Å². The number of carbonyl (C=O) groups is 3. The van der Waals surface area contributed by atoms with Crippen molar-refractivity contribution >= 4 is 29.1 Å². The van der Waals surface area contributed by atoms with Crippen LogP contribution < -0.4 is 18.9 Å². The zero-order valence-electron chi connectivity index (χ0n) is 20.8. The summed E-state index contributed by atoms with van der Waals surface area (Å²) in [6, 6.07) is 4.73. The summed E-state index contributed by atoms with van der Waals surface area (Å²) in [6.45, 7) is -1.09. The highest BCUT2D eigenvalue weighted by Gasteiger charge is 2.23. The van der Waals surface area contributed by atoms with Crippen LogP contribution in [0, 0.1) is 20.2 Å². The van der Waals surface area contributed by atoms with E-state index in [2.05, 4.69) is 0 Å². The summed E-state index contributed by atoms with van der Waals surface area (Å²) in [4.78, 5) is 57.5. The molecule has 0 N–H and O–H groups in total. The fraction of sp³-hybridized carbons (Fsp3) is 0.348. The molecule has 0 unspecified atom stereocenters. The lowest BCUT2D eigenvalue weighted by Gasteiger charge is -2.11. The molecule has 2 aromatic carbocycles. The van der Waals surface area contributed by atoms with Gasteiger partial charge in [0.05, 0.1) is 61.5 Å². The molecule has 2 aromatic rings. The lowest BCUT2D eigenvalue weighted by Crippen LogP contribution is -2.16. The Hall–Kier alpha value is -4.95. The molecule has 0 aliphatic carbocycles. The Morgan fingerprint density at radius 2 is 0.947 bits per heavy atom. The second-order valence-electron chi connectivity index (χ2n) is 7.40. The third-order valence-electron chi connectivity index (χ3n) is 5.02. The minimum Gasteiger partial charge on any atom is -0.493 e. The van der Waals surface area contributed by atoms with Gasteiger partial charge < -0.3 is 28.4 Å². The number of rotatable bonds is 14. The van der Waals surface area contributed by atoms with Crippen molar-refractivity contribution in [2.24, 2.45) is 0 Å². The second kappa shape index (κ2) is 13.4. The van der Waals surface area contributed by atoms with Gasteiger partial charge in [-0.25, -0.2) is 0 Å². The van der Waals surface area contributed by atoms with Gasteiger partial charge in [0, 0.05) is 0 Å². The van der Waals surface area contributed by atoms with E-state index < -0.39 is 65.0 Å². The lowest BCUT2D eigenvalue weighted by atomic mass is 10.1. The highest BCUT2D eigenvalue weighted by Crippen LogP contribution is 2.36. The van der Waals surface area contributed by atoms with Gasteiger partial charge in [-0.05, 0) is 12.1 Å². The number of nitro groups is 2. The van der Waals surface area contributed by atoms with E-state index in [0.29, 0.717) is 0 Å². The molecule has 0 fully saturated rings. The van der Waals surface area contributed by atoms with Crippen LogP contribution in [0.5, 0.6) is 23.0 Å². The highest BCUT2D eigenvalue weighted by molar-refractivity contribution is 6.03. The predicted molar refractivity (Wildman–Crippen MR) is 126 cm³/mol. The number of Topliss-reactive ketones (excluding diaryl/α,β-unsaturated/α-hetero) is 1. The van der Waals surface area contributed by atoms with E-state index >= 15 is 0 Å². The van der Waals surface area contributed by atoms with Gasteiger partial charge in [0.1, 0.15) is 26.1 Å². The van der Waals surface area contributed by atoms with Crippen LogP contribution in [-0.2, 0) is 37.1 Å². The fourth-order valence-electron chi connectivity index (χ4n) is 3.19. The van der Waals surface area contributed by atoms with E-state index in [-0.39, 0.29) is 34.1 Å². The maximum atomic E-state index is 12.1. The molecule has 0 saturated heterocycles. The molecule has 0 amide bonds. The zero-order valence-corrected chi connectivity index (χ0v) is 20.8. The SMILES string of the molecule is COc1cc(COC(=O)CC(=O)CC(=O)OCc2cc(OC)c(OC)cc2[N+](=O)[O-])c([N+](=O)[O-])cc1OC. The van der Waals surface area contributed by atoms with Gasteiger partial charge in [-0.3, -0.25) is 34.6 Å². The van der Waals surface area contributed by atoms with Crippen LogP contribution in [0.4, 0.5) is 11.4 Å². The first-order valence-electron chi connectivity index (χ1n) is 10.7. The van der Waals surface area contributed by atoms with E-state index in [1.54, 1.807) is 0 Å². The second-order valence-corrected chi connectivity index (χ2v) is 7.40. The standard InChI is InChI=1S/C23H24N2O13/c1-33-18-5-13(16(24(29)30)9-20(18)35-3)11-37-22(27)7-15(26)8-23(28)38-12-14-6-19(34-2)21(36-4)10-17(14)25(31)32/h5-6,9-10H,7-8,11-12H2,1-4H3. The number of ketones is 1. The lowest BCUT2D eigenvalue weighted by molar-refractivity contribution is -0.386. The van der Waals surface area contributed by atoms with E-state index in [1.165, 1.54) is 40.6 Å². The molecule has 2 rings (SSSR count). The number of hydrogen-bond acceptors (Lipinski definition) is 13. The van der Waals surface area contributed by atoms with Crippen LogP contribution in [0.25, 0.3) is 0 Å². The average Bonchev–Trinajstić information content (AvgIpc) is 2.89. The quantitative estimate of drug-likeness (QED) is 0.148. The van der Waals surface area contributed by atoms with Crippen LogP contribution in [0.2, 0.25) is 0 Å². The van der Waals surface area contributed by atoms with Crippen molar-refractivity contribution in [1.29, 1.82) is 0 Å².